The van der Waals surface area contributed by atoms with Crippen molar-refractivity contribution in [1.82, 2.24) is 24.9 Å². The number of carbonyl (C=O) groups is 1. The lowest BCUT2D eigenvalue weighted by molar-refractivity contribution is -0.130. The Morgan fingerprint density at radius 3 is 2.90 bits per heavy atom. The van der Waals surface area contributed by atoms with E-state index < -0.39 is 0 Å². The van der Waals surface area contributed by atoms with Gasteiger partial charge in [0, 0.05) is 55.3 Å². The van der Waals surface area contributed by atoms with Crippen molar-refractivity contribution in [2.75, 3.05) is 19.7 Å². The molecule has 0 radical (unpaired) electrons. The third-order valence-corrected chi connectivity index (χ3v) is 5.64. The Hall–Kier alpha value is -2.80. The van der Waals surface area contributed by atoms with Crippen molar-refractivity contribution in [3.63, 3.8) is 0 Å². The first-order valence-corrected chi connectivity index (χ1v) is 10.6. The summed E-state index contributed by atoms with van der Waals surface area (Å²) in [7, 11) is 0. The standard InChI is InChI=1S/C22H26ClN5O2/c1-16-6-11-28(26-16)12-8-22(29)27-10-7-17(15-27)21-14-19(24-25-21)9-13-30-20-4-2-18(23)3-5-20/h2-6,11,14,17H,7-10,12-13,15H2,1H3,(H,24,25)/t17-/m1/s1. The Kier molecular flexibility index (Phi) is 6.38. The van der Waals surface area contributed by atoms with E-state index in [1.54, 1.807) is 0 Å². The van der Waals surface area contributed by atoms with Crippen molar-refractivity contribution in [3.05, 3.63) is 64.7 Å². The molecule has 0 bridgehead atoms. The van der Waals surface area contributed by atoms with E-state index in [4.69, 9.17) is 16.3 Å². The molecule has 30 heavy (non-hydrogen) atoms. The average Bonchev–Trinajstić information content (AvgIpc) is 3.48. The minimum absolute atomic E-state index is 0.178. The maximum Gasteiger partial charge on any atom is 0.224 e. The number of hydrogen-bond acceptors (Lipinski definition) is 4. The van der Waals surface area contributed by atoms with Crippen molar-refractivity contribution in [3.8, 4) is 5.75 Å². The molecule has 3 aromatic rings. The highest BCUT2D eigenvalue weighted by Crippen LogP contribution is 2.27. The number of ether oxygens (including phenoxy) is 1. The number of carbonyl (C=O) groups excluding carboxylic acids is 1. The minimum Gasteiger partial charge on any atom is -0.493 e. The van der Waals surface area contributed by atoms with Crippen molar-refractivity contribution < 1.29 is 9.53 Å². The molecule has 4 rings (SSSR count). The SMILES string of the molecule is Cc1ccn(CCC(=O)N2CC[C@@H](c3cc(CCOc4ccc(Cl)cc4)[nH]n3)C2)n1. The number of nitrogens with one attached hydrogen (secondary N) is 1. The van der Waals surface area contributed by atoms with Gasteiger partial charge in [-0.3, -0.25) is 14.6 Å². The summed E-state index contributed by atoms with van der Waals surface area (Å²) >= 11 is 5.89. The van der Waals surface area contributed by atoms with E-state index in [9.17, 15) is 4.79 Å². The van der Waals surface area contributed by atoms with Crippen molar-refractivity contribution in [2.45, 2.75) is 38.6 Å². The van der Waals surface area contributed by atoms with E-state index in [1.165, 1.54) is 0 Å². The fourth-order valence-corrected chi connectivity index (χ4v) is 3.84. The molecule has 1 N–H and O–H groups in total. The number of aromatic amines is 1. The van der Waals surface area contributed by atoms with E-state index in [1.807, 2.05) is 53.0 Å². The number of halogens is 1. The number of hydrogen-bond donors (Lipinski definition) is 1. The lowest BCUT2D eigenvalue weighted by Crippen LogP contribution is -2.29. The van der Waals surface area contributed by atoms with Crippen LogP contribution in [0.15, 0.2) is 42.6 Å². The van der Waals surface area contributed by atoms with Gasteiger partial charge in [0.1, 0.15) is 5.75 Å². The first kappa shape index (κ1) is 20.5. The molecule has 2 aromatic heterocycles. The highest BCUT2D eigenvalue weighted by atomic mass is 35.5. The van der Waals surface area contributed by atoms with Crippen molar-refractivity contribution in [2.24, 2.45) is 0 Å². The quantitative estimate of drug-likeness (QED) is 0.596. The summed E-state index contributed by atoms with van der Waals surface area (Å²) in [6.07, 6.45) is 4.07. The molecule has 0 aliphatic carbocycles. The Morgan fingerprint density at radius 2 is 2.13 bits per heavy atom. The smallest absolute Gasteiger partial charge is 0.224 e. The van der Waals surface area contributed by atoms with Crippen LogP contribution in [0.5, 0.6) is 5.75 Å². The topological polar surface area (TPSA) is 76.0 Å². The Balaban J connectivity index is 1.22. The van der Waals surface area contributed by atoms with Crippen LogP contribution >= 0.6 is 11.6 Å². The lowest BCUT2D eigenvalue weighted by atomic mass is 10.0. The number of rotatable bonds is 8. The summed E-state index contributed by atoms with van der Waals surface area (Å²) in [6.45, 7) is 4.64. The molecule has 1 aliphatic rings. The highest BCUT2D eigenvalue weighted by molar-refractivity contribution is 6.30. The third-order valence-electron chi connectivity index (χ3n) is 5.39. The molecule has 0 saturated carbocycles. The molecule has 1 fully saturated rings. The molecule has 158 valence electrons. The van der Waals surface area contributed by atoms with E-state index in [-0.39, 0.29) is 11.8 Å². The van der Waals surface area contributed by atoms with E-state index in [0.29, 0.717) is 24.6 Å². The van der Waals surface area contributed by atoms with Crippen LogP contribution in [0, 0.1) is 6.92 Å². The van der Waals surface area contributed by atoms with Crippen LogP contribution < -0.4 is 4.74 Å². The van der Waals surface area contributed by atoms with E-state index in [0.717, 1.165) is 48.8 Å². The fourth-order valence-electron chi connectivity index (χ4n) is 3.71. The third kappa shape index (κ3) is 5.21. The van der Waals surface area contributed by atoms with Crippen LogP contribution in [0.4, 0.5) is 0 Å². The molecule has 7 nitrogen and oxygen atoms in total. The number of likely N-dealkylation sites (tertiary alicyclic amines) is 1. The zero-order valence-electron chi connectivity index (χ0n) is 17.1. The maximum atomic E-state index is 12.5. The van der Waals surface area contributed by atoms with Gasteiger partial charge in [-0.15, -0.1) is 0 Å². The van der Waals surface area contributed by atoms with Crippen LogP contribution in [-0.2, 0) is 17.8 Å². The normalized spacial score (nSPS) is 16.2. The second kappa shape index (κ2) is 9.34. The van der Waals surface area contributed by atoms with Crippen LogP contribution in [0.2, 0.25) is 5.02 Å². The first-order valence-electron chi connectivity index (χ1n) is 10.3. The minimum atomic E-state index is 0.178. The van der Waals surface area contributed by atoms with Crippen LogP contribution in [0.25, 0.3) is 0 Å². The Labute approximate surface area is 181 Å². The number of aromatic nitrogens is 4. The Morgan fingerprint density at radius 1 is 1.30 bits per heavy atom. The summed E-state index contributed by atoms with van der Waals surface area (Å²) in [5, 5.41) is 12.6. The lowest BCUT2D eigenvalue weighted by Gasteiger charge is -2.16. The molecule has 1 atom stereocenters. The van der Waals surface area contributed by atoms with Crippen LogP contribution in [0.1, 0.15) is 35.8 Å². The molecular weight excluding hydrogens is 402 g/mol. The zero-order valence-corrected chi connectivity index (χ0v) is 17.8. The fraction of sp³-hybridized carbons (Fsp3) is 0.409. The van der Waals surface area contributed by atoms with Gasteiger partial charge < -0.3 is 9.64 Å². The molecule has 8 heteroatoms. The molecule has 1 aliphatic heterocycles. The van der Waals surface area contributed by atoms with Crippen LogP contribution in [-0.4, -0.2) is 50.5 Å². The Bertz CT molecular complexity index is 982. The van der Waals surface area contributed by atoms with Gasteiger partial charge in [0.05, 0.1) is 18.0 Å². The molecule has 1 aromatic carbocycles. The number of aryl methyl sites for hydroxylation is 2. The van der Waals surface area contributed by atoms with E-state index in [2.05, 4.69) is 21.4 Å². The van der Waals surface area contributed by atoms with Gasteiger partial charge in [0.2, 0.25) is 5.91 Å². The maximum absolute atomic E-state index is 12.5. The van der Waals surface area contributed by atoms with Gasteiger partial charge >= 0.3 is 0 Å². The summed E-state index contributed by atoms with van der Waals surface area (Å²) in [5.74, 6) is 1.26. The largest absolute Gasteiger partial charge is 0.493 e. The predicted molar refractivity (Wildman–Crippen MR) is 115 cm³/mol. The van der Waals surface area contributed by atoms with Gasteiger partial charge in [-0.05, 0) is 49.7 Å². The number of amides is 1. The van der Waals surface area contributed by atoms with Crippen molar-refractivity contribution in [1.29, 1.82) is 0 Å². The average molecular weight is 428 g/mol. The zero-order chi connectivity index (χ0) is 20.9. The summed E-state index contributed by atoms with van der Waals surface area (Å²) in [4.78, 5) is 14.5. The van der Waals surface area contributed by atoms with Crippen molar-refractivity contribution >= 4 is 17.5 Å². The molecule has 1 saturated heterocycles. The summed E-state index contributed by atoms with van der Waals surface area (Å²) < 4.78 is 7.57. The summed E-state index contributed by atoms with van der Waals surface area (Å²) in [5.41, 5.74) is 3.03. The predicted octanol–water partition coefficient (Wildman–Crippen LogP) is 3.60. The highest BCUT2D eigenvalue weighted by Gasteiger charge is 2.28. The monoisotopic (exact) mass is 427 g/mol. The molecule has 1 amide bonds. The first-order chi connectivity index (χ1) is 14.6. The molecule has 3 heterocycles. The summed E-state index contributed by atoms with van der Waals surface area (Å²) in [6, 6.07) is 11.4. The second-order valence-electron chi connectivity index (χ2n) is 7.67. The van der Waals surface area contributed by atoms with Gasteiger partial charge in [-0.2, -0.15) is 10.2 Å². The van der Waals surface area contributed by atoms with Crippen LogP contribution in [0.3, 0.4) is 0 Å². The molecule has 0 spiro atoms. The number of H-pyrrole nitrogens is 1. The molecule has 0 unspecified atom stereocenters. The van der Waals surface area contributed by atoms with Gasteiger partial charge in [-0.25, -0.2) is 0 Å². The van der Waals surface area contributed by atoms with Gasteiger partial charge in [0.15, 0.2) is 0 Å². The van der Waals surface area contributed by atoms with E-state index >= 15 is 0 Å². The number of benzene rings is 1. The molecular formula is C22H26ClN5O2. The number of nitrogens with zero attached hydrogens (tertiary/aromatic N) is 4. The second-order valence-corrected chi connectivity index (χ2v) is 8.10. The van der Waals surface area contributed by atoms with Gasteiger partial charge in [-0.1, -0.05) is 11.6 Å². The van der Waals surface area contributed by atoms with Gasteiger partial charge in [0.25, 0.3) is 0 Å².